The number of carbonyl (C=O) groups excluding carboxylic acids is 2. The summed E-state index contributed by atoms with van der Waals surface area (Å²) in [7, 11) is 3.04. The molecule has 0 aliphatic carbocycles. The van der Waals surface area contributed by atoms with Gasteiger partial charge in [0.2, 0.25) is 11.8 Å². The van der Waals surface area contributed by atoms with Crippen LogP contribution in [-0.2, 0) is 19.1 Å². The van der Waals surface area contributed by atoms with Gasteiger partial charge in [0, 0.05) is 27.3 Å². The van der Waals surface area contributed by atoms with Crippen LogP contribution in [-0.4, -0.2) is 57.2 Å². The Bertz CT molecular complexity index is 579. The SMILES string of the molecule is COCCNC(=O)[C@@H]1CC[C@H](c2ccc(F)cc2)N(C(=O)COC)C1. The van der Waals surface area contributed by atoms with Crippen LogP contribution >= 0.6 is 0 Å². The Hall–Kier alpha value is -1.99. The zero-order chi connectivity index (χ0) is 18.2. The molecule has 6 nitrogen and oxygen atoms in total. The Kier molecular flexibility index (Phi) is 7.33. The van der Waals surface area contributed by atoms with E-state index >= 15 is 0 Å². The van der Waals surface area contributed by atoms with Crippen molar-refractivity contribution in [1.29, 1.82) is 0 Å². The molecule has 1 N–H and O–H groups in total. The maximum Gasteiger partial charge on any atom is 0.249 e. The number of piperidine rings is 1. The molecule has 0 aromatic heterocycles. The van der Waals surface area contributed by atoms with Gasteiger partial charge in [0.05, 0.1) is 18.6 Å². The second-order valence-corrected chi connectivity index (χ2v) is 6.10. The highest BCUT2D eigenvalue weighted by Crippen LogP contribution is 2.33. The van der Waals surface area contributed by atoms with Gasteiger partial charge in [-0.25, -0.2) is 4.39 Å². The molecule has 0 spiro atoms. The Morgan fingerprint density at radius 3 is 2.56 bits per heavy atom. The lowest BCUT2D eigenvalue weighted by Gasteiger charge is -2.39. The number of hydrogen-bond acceptors (Lipinski definition) is 4. The first-order valence-electron chi connectivity index (χ1n) is 8.37. The predicted molar refractivity (Wildman–Crippen MR) is 90.3 cm³/mol. The van der Waals surface area contributed by atoms with Crippen molar-refractivity contribution in [3.05, 3.63) is 35.6 Å². The van der Waals surface area contributed by atoms with Crippen LogP contribution in [0.4, 0.5) is 4.39 Å². The number of likely N-dealkylation sites (tertiary alicyclic amines) is 1. The van der Waals surface area contributed by atoms with Crippen LogP contribution in [0.2, 0.25) is 0 Å². The van der Waals surface area contributed by atoms with Crippen molar-refractivity contribution < 1.29 is 23.5 Å². The third kappa shape index (κ3) is 5.24. The third-order valence-corrected chi connectivity index (χ3v) is 4.40. The van der Waals surface area contributed by atoms with E-state index in [0.29, 0.717) is 32.5 Å². The van der Waals surface area contributed by atoms with Gasteiger partial charge < -0.3 is 19.7 Å². The number of benzene rings is 1. The molecule has 1 fully saturated rings. The molecule has 0 radical (unpaired) electrons. The van der Waals surface area contributed by atoms with E-state index in [1.54, 1.807) is 24.1 Å². The van der Waals surface area contributed by atoms with Gasteiger partial charge >= 0.3 is 0 Å². The number of amides is 2. The van der Waals surface area contributed by atoms with Crippen molar-refractivity contribution in [3.63, 3.8) is 0 Å². The number of methoxy groups -OCH3 is 2. The molecule has 2 amide bonds. The van der Waals surface area contributed by atoms with E-state index in [9.17, 15) is 14.0 Å². The van der Waals surface area contributed by atoms with Gasteiger partial charge in [-0.1, -0.05) is 12.1 Å². The minimum absolute atomic E-state index is 0.0459. The second kappa shape index (κ2) is 9.48. The van der Waals surface area contributed by atoms with Crippen molar-refractivity contribution >= 4 is 11.8 Å². The Labute approximate surface area is 147 Å². The van der Waals surface area contributed by atoms with E-state index in [-0.39, 0.29) is 36.2 Å². The van der Waals surface area contributed by atoms with Crippen LogP contribution in [0.3, 0.4) is 0 Å². The van der Waals surface area contributed by atoms with Gasteiger partial charge in [-0.05, 0) is 30.5 Å². The molecule has 25 heavy (non-hydrogen) atoms. The molecule has 0 saturated carbocycles. The van der Waals surface area contributed by atoms with Gasteiger partial charge in [0.15, 0.2) is 0 Å². The van der Waals surface area contributed by atoms with Crippen molar-refractivity contribution in [1.82, 2.24) is 10.2 Å². The lowest BCUT2D eigenvalue weighted by Crippen LogP contribution is -2.48. The molecule has 1 saturated heterocycles. The fourth-order valence-electron chi connectivity index (χ4n) is 3.12. The molecular weight excluding hydrogens is 327 g/mol. The number of carbonyl (C=O) groups is 2. The van der Waals surface area contributed by atoms with Crippen LogP contribution in [0.15, 0.2) is 24.3 Å². The quantitative estimate of drug-likeness (QED) is 0.756. The summed E-state index contributed by atoms with van der Waals surface area (Å²) < 4.78 is 23.1. The molecule has 1 aromatic carbocycles. The van der Waals surface area contributed by atoms with E-state index in [1.165, 1.54) is 19.2 Å². The highest BCUT2D eigenvalue weighted by molar-refractivity contribution is 5.82. The highest BCUT2D eigenvalue weighted by atomic mass is 19.1. The minimum atomic E-state index is -0.315. The van der Waals surface area contributed by atoms with Crippen molar-refractivity contribution in [2.75, 3.05) is 40.5 Å². The van der Waals surface area contributed by atoms with Crippen molar-refractivity contribution in [3.8, 4) is 0 Å². The van der Waals surface area contributed by atoms with Crippen molar-refractivity contribution in [2.45, 2.75) is 18.9 Å². The van der Waals surface area contributed by atoms with Crippen LogP contribution in [0.5, 0.6) is 0 Å². The van der Waals surface area contributed by atoms with E-state index in [2.05, 4.69) is 5.32 Å². The van der Waals surface area contributed by atoms with Gasteiger partial charge in [-0.2, -0.15) is 0 Å². The third-order valence-electron chi connectivity index (χ3n) is 4.40. The van der Waals surface area contributed by atoms with Crippen LogP contribution in [0, 0.1) is 11.7 Å². The van der Waals surface area contributed by atoms with Gasteiger partial charge in [-0.3, -0.25) is 9.59 Å². The average molecular weight is 352 g/mol. The first-order valence-corrected chi connectivity index (χ1v) is 8.37. The Morgan fingerprint density at radius 1 is 1.20 bits per heavy atom. The predicted octanol–water partition coefficient (Wildman–Crippen LogP) is 1.51. The molecule has 1 heterocycles. The summed E-state index contributed by atoms with van der Waals surface area (Å²) >= 11 is 0. The molecular formula is C18H25FN2O4. The van der Waals surface area contributed by atoms with E-state index in [0.717, 1.165) is 5.56 Å². The molecule has 138 valence electrons. The van der Waals surface area contributed by atoms with E-state index < -0.39 is 0 Å². The van der Waals surface area contributed by atoms with Crippen LogP contribution in [0.1, 0.15) is 24.4 Å². The summed E-state index contributed by atoms with van der Waals surface area (Å²) in [6, 6.07) is 5.97. The normalized spacial score (nSPS) is 20.4. The molecule has 2 atom stereocenters. The first kappa shape index (κ1) is 19.3. The van der Waals surface area contributed by atoms with Crippen molar-refractivity contribution in [2.24, 2.45) is 5.92 Å². The monoisotopic (exact) mass is 352 g/mol. The number of halogens is 1. The maximum absolute atomic E-state index is 13.2. The van der Waals surface area contributed by atoms with E-state index in [4.69, 9.17) is 9.47 Å². The molecule has 0 bridgehead atoms. The van der Waals surface area contributed by atoms with Crippen LogP contribution in [0.25, 0.3) is 0 Å². The van der Waals surface area contributed by atoms with Gasteiger partial charge in [0.1, 0.15) is 12.4 Å². The molecule has 1 aliphatic rings. The summed E-state index contributed by atoms with van der Waals surface area (Å²) in [5.74, 6) is -0.838. The molecule has 1 aliphatic heterocycles. The molecule has 0 unspecified atom stereocenters. The minimum Gasteiger partial charge on any atom is -0.383 e. The van der Waals surface area contributed by atoms with E-state index in [1.807, 2.05) is 0 Å². The fraction of sp³-hybridized carbons (Fsp3) is 0.556. The summed E-state index contributed by atoms with van der Waals surface area (Å²) in [6.45, 7) is 1.17. The number of nitrogens with one attached hydrogen (secondary N) is 1. The number of rotatable bonds is 7. The first-order chi connectivity index (χ1) is 12.1. The zero-order valence-electron chi connectivity index (χ0n) is 14.7. The topological polar surface area (TPSA) is 67.9 Å². The summed E-state index contributed by atoms with van der Waals surface area (Å²) in [6.07, 6.45) is 1.31. The lowest BCUT2D eigenvalue weighted by molar-refractivity contribution is -0.142. The summed E-state index contributed by atoms with van der Waals surface area (Å²) in [5, 5.41) is 2.82. The molecule has 1 aromatic rings. The Morgan fingerprint density at radius 2 is 1.92 bits per heavy atom. The number of hydrogen-bond donors (Lipinski definition) is 1. The smallest absolute Gasteiger partial charge is 0.249 e. The maximum atomic E-state index is 13.2. The van der Waals surface area contributed by atoms with Gasteiger partial charge in [-0.15, -0.1) is 0 Å². The standard InChI is InChI=1S/C18H25FN2O4/c1-24-10-9-20-18(23)14-5-8-16(13-3-6-15(19)7-4-13)21(11-14)17(22)12-25-2/h3-4,6-7,14,16H,5,8-12H2,1-2H3,(H,20,23)/t14-,16-/m1/s1. The molecule has 7 heteroatoms. The largest absolute Gasteiger partial charge is 0.383 e. The zero-order valence-corrected chi connectivity index (χ0v) is 14.7. The summed E-state index contributed by atoms with van der Waals surface area (Å²) in [5.41, 5.74) is 0.865. The number of ether oxygens (including phenoxy) is 2. The van der Waals surface area contributed by atoms with Gasteiger partial charge in [0.25, 0.3) is 0 Å². The molecule has 2 rings (SSSR count). The summed E-state index contributed by atoms with van der Waals surface area (Å²) in [4.78, 5) is 26.4. The fourth-order valence-corrected chi connectivity index (χ4v) is 3.12. The lowest BCUT2D eigenvalue weighted by atomic mass is 9.88. The second-order valence-electron chi connectivity index (χ2n) is 6.10. The van der Waals surface area contributed by atoms with Crippen LogP contribution < -0.4 is 5.32 Å². The highest BCUT2D eigenvalue weighted by Gasteiger charge is 2.35. The average Bonchev–Trinajstić information content (AvgIpc) is 2.62. The Balaban J connectivity index is 2.10. The number of nitrogens with zero attached hydrogens (tertiary/aromatic N) is 1.